The molecule has 1 aromatic heterocycles. The van der Waals surface area contributed by atoms with Crippen LogP contribution in [0.3, 0.4) is 0 Å². The van der Waals surface area contributed by atoms with Crippen molar-refractivity contribution >= 4 is 57.5 Å². The largest absolute Gasteiger partial charge is 0.347 e. The van der Waals surface area contributed by atoms with Gasteiger partial charge in [-0.3, -0.25) is 19.4 Å². The predicted octanol–water partition coefficient (Wildman–Crippen LogP) is 5.80. The van der Waals surface area contributed by atoms with Crippen molar-refractivity contribution in [3.63, 3.8) is 0 Å². The summed E-state index contributed by atoms with van der Waals surface area (Å²) >= 11 is 5.68. The van der Waals surface area contributed by atoms with Gasteiger partial charge in [-0.05, 0) is 55.0 Å². The van der Waals surface area contributed by atoms with Gasteiger partial charge in [-0.1, -0.05) is 61.5 Å². The molecule has 34 heavy (non-hydrogen) atoms. The van der Waals surface area contributed by atoms with Crippen molar-refractivity contribution in [3.05, 3.63) is 102 Å². The van der Waals surface area contributed by atoms with Gasteiger partial charge in [-0.25, -0.2) is 0 Å². The second kappa shape index (κ2) is 9.08. The average Bonchev–Trinajstić information content (AvgIpc) is 3.21. The molecule has 0 spiro atoms. The zero-order chi connectivity index (χ0) is 23.7. The van der Waals surface area contributed by atoms with Crippen molar-refractivity contribution in [1.29, 1.82) is 0 Å². The summed E-state index contributed by atoms with van der Waals surface area (Å²) in [5, 5.41) is 1.13. The second-order valence-electron chi connectivity index (χ2n) is 8.09. The number of carbonyl (C=O) groups is 2. The lowest BCUT2D eigenvalue weighted by atomic mass is 10.0. The highest BCUT2D eigenvalue weighted by molar-refractivity contribution is 7.81. The summed E-state index contributed by atoms with van der Waals surface area (Å²) in [7, 11) is 0. The maximum Gasteiger partial charge on any atom is 0.270 e. The molecule has 0 atom stereocenters. The van der Waals surface area contributed by atoms with Gasteiger partial charge < -0.3 is 4.57 Å². The summed E-state index contributed by atoms with van der Waals surface area (Å²) in [6.45, 7) is 2.97. The minimum atomic E-state index is -0.430. The molecule has 1 aliphatic heterocycles. The lowest BCUT2D eigenvalue weighted by Gasteiger charge is -2.36. The molecule has 0 aliphatic carbocycles. The van der Waals surface area contributed by atoms with Gasteiger partial charge in [0.15, 0.2) is 5.11 Å². The number of thiocarbonyl (C=S) groups is 1. The molecule has 5 rings (SSSR count). The number of anilines is 2. The summed E-state index contributed by atoms with van der Waals surface area (Å²) in [5.41, 5.74) is 3.20. The minimum Gasteiger partial charge on any atom is -0.347 e. The molecule has 2 amide bonds. The van der Waals surface area contributed by atoms with E-state index < -0.39 is 11.8 Å². The Kier molecular flexibility index (Phi) is 5.82. The molecule has 0 radical (unpaired) electrons. The lowest BCUT2D eigenvalue weighted by molar-refractivity contribution is -0.120. The quantitative estimate of drug-likeness (QED) is 0.213. The molecular formula is C28H23N3O2S. The molecule has 0 unspecified atom stereocenters. The first kappa shape index (κ1) is 21.8. The summed E-state index contributed by atoms with van der Waals surface area (Å²) in [5.74, 6) is -0.860. The van der Waals surface area contributed by atoms with Crippen LogP contribution in [0.25, 0.3) is 17.0 Å². The molecule has 1 aliphatic rings. The highest BCUT2D eigenvalue weighted by atomic mass is 32.1. The van der Waals surface area contributed by atoms with Crippen LogP contribution in [0.15, 0.2) is 96.7 Å². The van der Waals surface area contributed by atoms with Crippen LogP contribution in [0.5, 0.6) is 0 Å². The number of hydrogen-bond acceptors (Lipinski definition) is 3. The number of fused-ring (bicyclic) bond motifs is 1. The number of rotatable bonds is 5. The van der Waals surface area contributed by atoms with Gasteiger partial charge in [0.25, 0.3) is 11.8 Å². The average molecular weight is 466 g/mol. The van der Waals surface area contributed by atoms with E-state index in [1.54, 1.807) is 6.08 Å². The standard InChI is InChI=1S/C28H23N3O2S/c1-2-17-29-19-20(23-15-9-10-16-25(23)29)18-24-26(32)30(21-11-5-3-6-12-21)28(34)31(27(24)33)22-13-7-4-8-14-22/h3-16,18-19H,2,17H2,1H3. The zero-order valence-electron chi connectivity index (χ0n) is 18.7. The first-order valence-corrected chi connectivity index (χ1v) is 11.6. The van der Waals surface area contributed by atoms with E-state index in [1.165, 1.54) is 9.80 Å². The predicted molar refractivity (Wildman–Crippen MR) is 141 cm³/mol. The summed E-state index contributed by atoms with van der Waals surface area (Å²) in [6, 6.07) is 26.4. The van der Waals surface area contributed by atoms with Crippen LogP contribution >= 0.6 is 12.2 Å². The van der Waals surface area contributed by atoms with E-state index in [0.29, 0.717) is 11.4 Å². The maximum atomic E-state index is 13.7. The Morgan fingerprint density at radius 2 is 1.29 bits per heavy atom. The van der Waals surface area contributed by atoms with Gasteiger partial charge in [0, 0.05) is 29.2 Å². The molecule has 1 saturated heterocycles. The highest BCUT2D eigenvalue weighted by Crippen LogP contribution is 2.31. The number of benzene rings is 3. The highest BCUT2D eigenvalue weighted by Gasteiger charge is 2.41. The normalized spacial score (nSPS) is 14.3. The molecule has 2 heterocycles. The van der Waals surface area contributed by atoms with E-state index in [2.05, 4.69) is 17.6 Å². The van der Waals surface area contributed by atoms with Crippen molar-refractivity contribution in [3.8, 4) is 0 Å². The van der Waals surface area contributed by atoms with E-state index in [1.807, 2.05) is 85.1 Å². The van der Waals surface area contributed by atoms with Crippen LogP contribution in [0.1, 0.15) is 18.9 Å². The number of para-hydroxylation sites is 3. The van der Waals surface area contributed by atoms with Gasteiger partial charge >= 0.3 is 0 Å². The third-order valence-corrected chi connectivity index (χ3v) is 6.23. The topological polar surface area (TPSA) is 45.6 Å². The van der Waals surface area contributed by atoms with Crippen LogP contribution in [0.4, 0.5) is 11.4 Å². The Hall–Kier alpha value is -4.03. The van der Waals surface area contributed by atoms with Crippen LogP contribution in [-0.2, 0) is 16.1 Å². The van der Waals surface area contributed by atoms with Crippen molar-refractivity contribution in [2.24, 2.45) is 0 Å². The number of nitrogens with zero attached hydrogens (tertiary/aromatic N) is 3. The smallest absolute Gasteiger partial charge is 0.270 e. The Morgan fingerprint density at radius 1 is 0.765 bits per heavy atom. The second-order valence-corrected chi connectivity index (χ2v) is 8.45. The Morgan fingerprint density at radius 3 is 1.85 bits per heavy atom. The number of aryl methyl sites for hydroxylation is 1. The van der Waals surface area contributed by atoms with E-state index in [4.69, 9.17) is 12.2 Å². The van der Waals surface area contributed by atoms with Crippen molar-refractivity contribution < 1.29 is 9.59 Å². The fraction of sp³-hybridized carbons (Fsp3) is 0.107. The summed E-state index contributed by atoms with van der Waals surface area (Å²) < 4.78 is 2.16. The van der Waals surface area contributed by atoms with Crippen molar-refractivity contribution in [1.82, 2.24) is 4.57 Å². The number of amides is 2. The molecule has 0 N–H and O–H groups in total. The zero-order valence-corrected chi connectivity index (χ0v) is 19.5. The molecule has 0 saturated carbocycles. The van der Waals surface area contributed by atoms with E-state index in [9.17, 15) is 9.59 Å². The van der Waals surface area contributed by atoms with Crippen molar-refractivity contribution in [2.45, 2.75) is 19.9 Å². The fourth-order valence-electron chi connectivity index (χ4n) is 4.31. The number of hydrogen-bond donors (Lipinski definition) is 0. The Labute approximate surface area is 203 Å². The SMILES string of the molecule is CCCn1cc(C=C2C(=O)N(c3ccccc3)C(=S)N(c3ccccc3)C2=O)c2ccccc21. The molecule has 6 heteroatoms. The van der Waals surface area contributed by atoms with E-state index >= 15 is 0 Å². The molecule has 168 valence electrons. The summed E-state index contributed by atoms with van der Waals surface area (Å²) in [6.07, 6.45) is 4.69. The monoisotopic (exact) mass is 465 g/mol. The molecular weight excluding hydrogens is 442 g/mol. The van der Waals surface area contributed by atoms with Crippen LogP contribution in [0.2, 0.25) is 0 Å². The fourth-order valence-corrected chi connectivity index (χ4v) is 4.69. The van der Waals surface area contributed by atoms with Crippen LogP contribution < -0.4 is 9.80 Å². The van der Waals surface area contributed by atoms with Crippen LogP contribution in [-0.4, -0.2) is 21.5 Å². The third-order valence-electron chi connectivity index (χ3n) is 5.86. The molecule has 4 aromatic rings. The van der Waals surface area contributed by atoms with E-state index in [-0.39, 0.29) is 10.7 Å². The third kappa shape index (κ3) is 3.72. The first-order chi connectivity index (χ1) is 16.6. The summed E-state index contributed by atoms with van der Waals surface area (Å²) in [4.78, 5) is 30.3. The molecule has 1 fully saturated rings. The Balaban J connectivity index is 1.69. The Bertz CT molecular complexity index is 1360. The molecule has 3 aromatic carbocycles. The van der Waals surface area contributed by atoms with Crippen LogP contribution in [0, 0.1) is 0 Å². The van der Waals surface area contributed by atoms with Gasteiger partial charge in [0.05, 0.1) is 11.4 Å². The molecule has 0 bridgehead atoms. The molecule has 5 nitrogen and oxygen atoms in total. The van der Waals surface area contributed by atoms with Gasteiger partial charge in [-0.2, -0.15) is 0 Å². The van der Waals surface area contributed by atoms with Crippen molar-refractivity contribution in [2.75, 3.05) is 9.80 Å². The van der Waals surface area contributed by atoms with E-state index in [0.717, 1.165) is 29.4 Å². The van der Waals surface area contributed by atoms with Gasteiger partial charge in [-0.15, -0.1) is 0 Å². The maximum absolute atomic E-state index is 13.7. The minimum absolute atomic E-state index is 0.0701. The van der Waals surface area contributed by atoms with Gasteiger partial charge in [0.2, 0.25) is 0 Å². The lowest BCUT2D eigenvalue weighted by Crippen LogP contribution is -2.56. The number of aromatic nitrogens is 1. The first-order valence-electron chi connectivity index (χ1n) is 11.2. The number of carbonyl (C=O) groups excluding carboxylic acids is 2. The van der Waals surface area contributed by atoms with Gasteiger partial charge in [0.1, 0.15) is 5.57 Å².